The molecule has 3 aromatic heterocycles. The maximum Gasteiger partial charge on any atom is 0.355 e. The van der Waals surface area contributed by atoms with Crippen LogP contribution >= 0.6 is 0 Å². The Morgan fingerprint density at radius 3 is 2.55 bits per heavy atom. The molecule has 10 heteroatoms. The Labute approximate surface area is 230 Å². The van der Waals surface area contributed by atoms with Crippen molar-refractivity contribution in [2.24, 2.45) is 0 Å². The van der Waals surface area contributed by atoms with Crippen LogP contribution in [0.2, 0.25) is 0 Å². The number of carbonyl (C=O) groups excluding carboxylic acids is 1. The van der Waals surface area contributed by atoms with E-state index in [-0.39, 0.29) is 40.6 Å². The largest absolute Gasteiger partial charge is 0.355 e. The zero-order valence-electron chi connectivity index (χ0n) is 22.9. The first kappa shape index (κ1) is 27.1. The number of fused-ring (bicyclic) bond motifs is 1. The van der Waals surface area contributed by atoms with Crippen LogP contribution in [0.5, 0.6) is 0 Å². The molecular formula is C30H30F2N6O2. The highest BCUT2D eigenvalue weighted by atomic mass is 19.1. The number of aromatic nitrogens is 4. The van der Waals surface area contributed by atoms with E-state index in [2.05, 4.69) is 21.5 Å². The van der Waals surface area contributed by atoms with Crippen LogP contribution in [0.25, 0.3) is 28.0 Å². The van der Waals surface area contributed by atoms with Crippen molar-refractivity contribution in [1.29, 1.82) is 0 Å². The zero-order valence-corrected chi connectivity index (χ0v) is 22.9. The number of halogens is 2. The van der Waals surface area contributed by atoms with Crippen molar-refractivity contribution >= 4 is 22.8 Å². The van der Waals surface area contributed by atoms with Crippen molar-refractivity contribution in [3.63, 3.8) is 0 Å². The first-order valence-electron chi connectivity index (χ1n) is 13.1. The second-order valence-corrected chi connectivity index (χ2v) is 10.2. The fraction of sp³-hybridized carbons (Fsp3) is 0.300. The minimum Gasteiger partial charge on any atom is -0.350 e. The maximum atomic E-state index is 15.7. The molecular weight excluding hydrogens is 514 g/mol. The van der Waals surface area contributed by atoms with Gasteiger partial charge in [-0.25, -0.2) is 23.1 Å². The maximum absolute atomic E-state index is 15.7. The van der Waals surface area contributed by atoms with Crippen LogP contribution in [-0.2, 0) is 4.79 Å². The molecule has 0 aliphatic carbocycles. The number of benzene rings is 1. The van der Waals surface area contributed by atoms with Gasteiger partial charge in [0.1, 0.15) is 23.1 Å². The molecule has 4 heterocycles. The van der Waals surface area contributed by atoms with E-state index < -0.39 is 17.3 Å². The molecule has 1 aliphatic heterocycles. The smallest absolute Gasteiger partial charge is 0.350 e. The Bertz CT molecular complexity index is 1700. The summed E-state index contributed by atoms with van der Waals surface area (Å²) >= 11 is 0. The standard InChI is InChI=1S/C30H30F2N6O2/c1-6-25(39)36-13-14-37(18(4)16-36)28-22-15-24(32)26(21-9-7-8-10-23(21)31)34-29(22)38(30(40)35-28)27-19(5)33-12-11-20(27)17(2)3/h6-12,15,17-18H,1,13-14,16H2,2-5H3/t18-/m0/s1. The number of hydrogen-bond acceptors (Lipinski definition) is 6. The molecule has 0 unspecified atom stereocenters. The molecule has 0 spiro atoms. The van der Waals surface area contributed by atoms with Crippen molar-refractivity contribution in [3.05, 3.63) is 88.6 Å². The Hall–Kier alpha value is -4.47. The van der Waals surface area contributed by atoms with Gasteiger partial charge in [-0.3, -0.25) is 9.78 Å². The molecule has 1 fully saturated rings. The summed E-state index contributed by atoms with van der Waals surface area (Å²) in [5.74, 6) is -1.27. The first-order valence-corrected chi connectivity index (χ1v) is 13.1. The van der Waals surface area contributed by atoms with Gasteiger partial charge in [0.25, 0.3) is 0 Å². The summed E-state index contributed by atoms with van der Waals surface area (Å²) in [5, 5.41) is 0.297. The highest BCUT2D eigenvalue weighted by Crippen LogP contribution is 2.34. The fourth-order valence-corrected chi connectivity index (χ4v) is 5.30. The Morgan fingerprint density at radius 1 is 1.12 bits per heavy atom. The number of pyridine rings is 2. The van der Waals surface area contributed by atoms with Crippen LogP contribution in [0.4, 0.5) is 14.6 Å². The number of amides is 1. The van der Waals surface area contributed by atoms with Gasteiger partial charge in [0, 0.05) is 37.4 Å². The van der Waals surface area contributed by atoms with Gasteiger partial charge in [-0.1, -0.05) is 32.6 Å². The van der Waals surface area contributed by atoms with Gasteiger partial charge in [0.15, 0.2) is 5.65 Å². The average molecular weight is 545 g/mol. The van der Waals surface area contributed by atoms with E-state index in [0.717, 1.165) is 5.56 Å². The molecule has 0 radical (unpaired) electrons. The molecule has 8 nitrogen and oxygen atoms in total. The zero-order chi connectivity index (χ0) is 28.7. The van der Waals surface area contributed by atoms with E-state index in [0.29, 0.717) is 36.4 Å². The SMILES string of the molecule is C=CC(=O)N1CCN(c2nc(=O)n(-c3c(C(C)C)ccnc3C)c3nc(-c4ccccc4F)c(F)cc23)[C@@H](C)C1. The average Bonchev–Trinajstić information content (AvgIpc) is 2.93. The lowest BCUT2D eigenvalue weighted by Gasteiger charge is -2.40. The van der Waals surface area contributed by atoms with E-state index >= 15 is 4.39 Å². The summed E-state index contributed by atoms with van der Waals surface area (Å²) in [6, 6.07) is 8.66. The molecule has 1 aliphatic rings. The number of rotatable bonds is 5. The van der Waals surface area contributed by atoms with Crippen molar-refractivity contribution in [2.45, 2.75) is 39.7 Å². The molecule has 1 saturated heterocycles. The highest BCUT2D eigenvalue weighted by molar-refractivity contribution is 5.91. The van der Waals surface area contributed by atoms with E-state index in [1.165, 1.54) is 34.9 Å². The third-order valence-electron chi connectivity index (χ3n) is 7.30. The summed E-state index contributed by atoms with van der Waals surface area (Å²) in [6.07, 6.45) is 2.94. The molecule has 1 atom stereocenters. The lowest BCUT2D eigenvalue weighted by atomic mass is 10.0. The van der Waals surface area contributed by atoms with Gasteiger partial charge in [-0.15, -0.1) is 0 Å². The van der Waals surface area contributed by atoms with E-state index in [1.807, 2.05) is 31.7 Å². The van der Waals surface area contributed by atoms with Crippen LogP contribution in [0.3, 0.4) is 0 Å². The number of hydrogen-bond donors (Lipinski definition) is 0. The summed E-state index contributed by atoms with van der Waals surface area (Å²) in [4.78, 5) is 43.1. The van der Waals surface area contributed by atoms with Crippen LogP contribution < -0.4 is 10.6 Å². The van der Waals surface area contributed by atoms with Crippen LogP contribution in [-0.4, -0.2) is 56.0 Å². The Kier molecular flexibility index (Phi) is 7.18. The van der Waals surface area contributed by atoms with Crippen LogP contribution in [0.1, 0.15) is 37.9 Å². The molecule has 0 bridgehead atoms. The van der Waals surface area contributed by atoms with Gasteiger partial charge in [-0.2, -0.15) is 4.98 Å². The van der Waals surface area contributed by atoms with Crippen molar-refractivity contribution in [2.75, 3.05) is 24.5 Å². The molecule has 0 N–H and O–H groups in total. The molecule has 4 aromatic rings. The number of aryl methyl sites for hydroxylation is 1. The van der Waals surface area contributed by atoms with Gasteiger partial charge in [0.2, 0.25) is 5.91 Å². The predicted octanol–water partition coefficient (Wildman–Crippen LogP) is 4.78. The van der Waals surface area contributed by atoms with E-state index in [4.69, 9.17) is 0 Å². The topological polar surface area (TPSA) is 84.2 Å². The Morgan fingerprint density at radius 2 is 1.88 bits per heavy atom. The molecule has 206 valence electrons. The Balaban J connectivity index is 1.81. The summed E-state index contributed by atoms with van der Waals surface area (Å²) in [7, 11) is 0. The normalized spacial score (nSPS) is 15.6. The fourth-order valence-electron chi connectivity index (χ4n) is 5.30. The lowest BCUT2D eigenvalue weighted by molar-refractivity contribution is -0.126. The van der Waals surface area contributed by atoms with Crippen LogP contribution in [0, 0.1) is 18.6 Å². The minimum absolute atomic E-state index is 0.0174. The van der Waals surface area contributed by atoms with Gasteiger partial charge < -0.3 is 9.80 Å². The number of anilines is 1. The molecule has 40 heavy (non-hydrogen) atoms. The third-order valence-corrected chi connectivity index (χ3v) is 7.30. The van der Waals surface area contributed by atoms with Crippen molar-refractivity contribution in [3.8, 4) is 16.9 Å². The van der Waals surface area contributed by atoms with Crippen LogP contribution in [0.15, 0.2) is 60.0 Å². The summed E-state index contributed by atoms with van der Waals surface area (Å²) < 4.78 is 31.9. The number of carbonyl (C=O) groups is 1. The second-order valence-electron chi connectivity index (χ2n) is 10.2. The minimum atomic E-state index is -0.744. The molecule has 1 aromatic carbocycles. The highest BCUT2D eigenvalue weighted by Gasteiger charge is 2.30. The third kappa shape index (κ3) is 4.63. The molecule has 5 rings (SSSR count). The second kappa shape index (κ2) is 10.6. The van der Waals surface area contributed by atoms with Gasteiger partial charge >= 0.3 is 5.69 Å². The first-order chi connectivity index (χ1) is 19.1. The monoisotopic (exact) mass is 544 g/mol. The molecule has 0 saturated carbocycles. The number of piperazine rings is 1. The number of nitrogens with zero attached hydrogens (tertiary/aromatic N) is 6. The lowest BCUT2D eigenvalue weighted by Crippen LogP contribution is -2.54. The molecule has 1 amide bonds. The predicted molar refractivity (Wildman–Crippen MR) is 151 cm³/mol. The van der Waals surface area contributed by atoms with Crippen molar-refractivity contribution < 1.29 is 13.6 Å². The summed E-state index contributed by atoms with van der Waals surface area (Å²) in [5.41, 5.74) is 1.23. The van der Waals surface area contributed by atoms with Crippen molar-refractivity contribution in [1.82, 2.24) is 24.4 Å². The summed E-state index contributed by atoms with van der Waals surface area (Å²) in [6.45, 7) is 12.4. The van der Waals surface area contributed by atoms with E-state index in [9.17, 15) is 14.0 Å². The van der Waals surface area contributed by atoms with Gasteiger partial charge in [-0.05, 0) is 55.7 Å². The quantitative estimate of drug-likeness (QED) is 0.337. The van der Waals surface area contributed by atoms with Gasteiger partial charge in [0.05, 0.1) is 16.8 Å². The van der Waals surface area contributed by atoms with E-state index in [1.54, 1.807) is 24.1 Å².